The molecule has 136 valence electrons. The number of unbranched alkanes of at least 4 members (excludes halogenated alkanes) is 1. The molecule has 0 spiro atoms. The van der Waals surface area contributed by atoms with E-state index in [4.69, 9.17) is 0 Å². The third kappa shape index (κ3) is 5.94. The summed E-state index contributed by atoms with van der Waals surface area (Å²) in [6.45, 7) is 2.53. The Morgan fingerprint density at radius 2 is 1.42 bits per heavy atom. The number of nitrogens with zero attached hydrogens (tertiary/aromatic N) is 1. The Kier molecular flexibility index (Phi) is 8.43. The van der Waals surface area contributed by atoms with Gasteiger partial charge in [-0.15, -0.1) is 0 Å². The van der Waals surface area contributed by atoms with Crippen molar-refractivity contribution in [2.45, 2.75) is 45.4 Å². The Labute approximate surface area is 143 Å². The lowest BCUT2D eigenvalue weighted by atomic mass is 9.87. The first kappa shape index (κ1) is 20.1. The molecule has 3 amide bonds. The molecule has 1 unspecified atom stereocenters. The Morgan fingerprint density at radius 1 is 0.917 bits per heavy atom. The van der Waals surface area contributed by atoms with Gasteiger partial charge in [0.2, 0.25) is 17.7 Å². The molecule has 24 heavy (non-hydrogen) atoms. The van der Waals surface area contributed by atoms with Crippen molar-refractivity contribution in [1.82, 2.24) is 15.5 Å². The second-order valence-electron chi connectivity index (χ2n) is 6.26. The highest BCUT2D eigenvalue weighted by atomic mass is 16.2. The van der Waals surface area contributed by atoms with Gasteiger partial charge in [0.1, 0.15) is 5.78 Å². The minimum atomic E-state index is -0.364. The van der Waals surface area contributed by atoms with Gasteiger partial charge in [0.15, 0.2) is 0 Å². The van der Waals surface area contributed by atoms with Crippen molar-refractivity contribution in [3.63, 3.8) is 0 Å². The summed E-state index contributed by atoms with van der Waals surface area (Å²) in [7, 11) is 3.12. The number of rotatable bonds is 8. The van der Waals surface area contributed by atoms with Gasteiger partial charge in [0.05, 0.1) is 11.8 Å². The number of hydrogen-bond acceptors (Lipinski definition) is 4. The lowest BCUT2D eigenvalue weighted by molar-refractivity contribution is -0.140. The van der Waals surface area contributed by atoms with E-state index < -0.39 is 0 Å². The quantitative estimate of drug-likeness (QED) is 0.629. The number of nitrogens with one attached hydrogen (secondary N) is 2. The molecular weight excluding hydrogens is 310 g/mol. The molecule has 7 heteroatoms. The SMILES string of the molecule is CCC(=O)CCCCC(=O)N1CC(C(=O)NC)C[C@H](C(=O)NC)C1. The molecule has 2 N–H and O–H groups in total. The molecule has 0 aromatic carbocycles. The molecule has 0 saturated carbocycles. The van der Waals surface area contributed by atoms with E-state index in [-0.39, 0.29) is 35.3 Å². The summed E-state index contributed by atoms with van der Waals surface area (Å²) in [6, 6.07) is 0. The number of amides is 3. The van der Waals surface area contributed by atoms with Crippen LogP contribution in [0.25, 0.3) is 0 Å². The molecule has 0 bridgehead atoms. The van der Waals surface area contributed by atoms with Crippen LogP contribution in [0, 0.1) is 11.8 Å². The number of hydrogen-bond donors (Lipinski definition) is 2. The van der Waals surface area contributed by atoms with Gasteiger partial charge in [0, 0.05) is 46.4 Å². The number of ketones is 1. The first-order valence-electron chi connectivity index (χ1n) is 8.65. The first-order chi connectivity index (χ1) is 11.4. The van der Waals surface area contributed by atoms with Gasteiger partial charge >= 0.3 is 0 Å². The lowest BCUT2D eigenvalue weighted by Gasteiger charge is -2.36. The van der Waals surface area contributed by atoms with Crippen LogP contribution < -0.4 is 10.6 Å². The molecular formula is C17H29N3O4. The Balaban J connectivity index is 2.59. The number of Topliss-reactive ketones (excluding diaryl/α,β-unsaturated/α-hetero) is 1. The van der Waals surface area contributed by atoms with Crippen molar-refractivity contribution in [3.05, 3.63) is 0 Å². The van der Waals surface area contributed by atoms with E-state index in [1.165, 1.54) is 0 Å². The van der Waals surface area contributed by atoms with Gasteiger partial charge in [-0.2, -0.15) is 0 Å². The van der Waals surface area contributed by atoms with Gasteiger partial charge in [-0.3, -0.25) is 19.2 Å². The fourth-order valence-electron chi connectivity index (χ4n) is 3.02. The third-order valence-electron chi connectivity index (χ3n) is 4.53. The van der Waals surface area contributed by atoms with Gasteiger partial charge < -0.3 is 15.5 Å². The molecule has 1 fully saturated rings. The molecule has 1 rings (SSSR count). The van der Waals surface area contributed by atoms with Gasteiger partial charge in [-0.1, -0.05) is 6.92 Å². The molecule has 0 radical (unpaired) electrons. The van der Waals surface area contributed by atoms with Crippen LogP contribution in [0.2, 0.25) is 0 Å². The Morgan fingerprint density at radius 3 is 1.88 bits per heavy atom. The zero-order valence-corrected chi connectivity index (χ0v) is 14.9. The third-order valence-corrected chi connectivity index (χ3v) is 4.53. The van der Waals surface area contributed by atoms with Gasteiger partial charge in [-0.25, -0.2) is 0 Å². The van der Waals surface area contributed by atoms with Crippen molar-refractivity contribution in [2.75, 3.05) is 27.2 Å². The summed E-state index contributed by atoms with van der Waals surface area (Å²) in [5.74, 6) is -0.862. The highest BCUT2D eigenvalue weighted by molar-refractivity contribution is 5.85. The van der Waals surface area contributed by atoms with Gasteiger partial charge in [-0.05, 0) is 19.3 Å². The summed E-state index contributed by atoms with van der Waals surface area (Å²) in [6.07, 6.45) is 3.18. The molecule has 0 aromatic heterocycles. The second-order valence-corrected chi connectivity index (χ2v) is 6.26. The maximum atomic E-state index is 12.4. The van der Waals surface area contributed by atoms with Crippen molar-refractivity contribution in [1.29, 1.82) is 0 Å². The highest BCUT2D eigenvalue weighted by Gasteiger charge is 2.36. The van der Waals surface area contributed by atoms with Crippen molar-refractivity contribution < 1.29 is 19.2 Å². The minimum Gasteiger partial charge on any atom is -0.359 e. The van der Waals surface area contributed by atoms with E-state index in [2.05, 4.69) is 10.6 Å². The topological polar surface area (TPSA) is 95.6 Å². The minimum absolute atomic E-state index is 0.0542. The monoisotopic (exact) mass is 339 g/mol. The van der Waals surface area contributed by atoms with Crippen LogP contribution in [0.15, 0.2) is 0 Å². The fraction of sp³-hybridized carbons (Fsp3) is 0.765. The molecule has 7 nitrogen and oxygen atoms in total. The van der Waals surface area contributed by atoms with E-state index in [0.29, 0.717) is 51.6 Å². The zero-order valence-electron chi connectivity index (χ0n) is 14.9. The standard InChI is InChI=1S/C17H29N3O4/c1-4-14(21)7-5-6-8-15(22)20-10-12(16(23)18-2)9-13(11-20)17(24)19-3/h12-13H,4-11H2,1-3H3,(H,18,23)(H,19,24)/t12-,13?/m0/s1. The van der Waals surface area contributed by atoms with Crippen LogP contribution in [-0.4, -0.2) is 55.6 Å². The fourth-order valence-corrected chi connectivity index (χ4v) is 3.02. The summed E-state index contributed by atoms with van der Waals surface area (Å²) in [5, 5.41) is 5.19. The molecule has 1 saturated heterocycles. The zero-order chi connectivity index (χ0) is 18.1. The predicted octanol–water partition coefficient (Wildman–Crippen LogP) is 0.483. The van der Waals surface area contributed by atoms with E-state index in [1.54, 1.807) is 19.0 Å². The predicted molar refractivity (Wildman–Crippen MR) is 90.1 cm³/mol. The maximum Gasteiger partial charge on any atom is 0.224 e. The van der Waals surface area contributed by atoms with Crippen molar-refractivity contribution in [3.8, 4) is 0 Å². The van der Waals surface area contributed by atoms with Crippen LogP contribution in [-0.2, 0) is 19.2 Å². The van der Waals surface area contributed by atoms with E-state index in [0.717, 1.165) is 0 Å². The van der Waals surface area contributed by atoms with Crippen LogP contribution in [0.3, 0.4) is 0 Å². The first-order valence-corrected chi connectivity index (χ1v) is 8.65. The van der Waals surface area contributed by atoms with Crippen LogP contribution in [0.1, 0.15) is 45.4 Å². The smallest absolute Gasteiger partial charge is 0.224 e. The molecule has 1 aliphatic heterocycles. The number of piperidine rings is 1. The Hall–Kier alpha value is -1.92. The average Bonchev–Trinajstić information content (AvgIpc) is 2.62. The molecule has 2 atom stereocenters. The van der Waals surface area contributed by atoms with Crippen LogP contribution >= 0.6 is 0 Å². The summed E-state index contributed by atoms with van der Waals surface area (Å²) in [5.41, 5.74) is 0. The van der Waals surface area contributed by atoms with Crippen molar-refractivity contribution in [2.24, 2.45) is 11.8 Å². The second kappa shape index (κ2) is 10.1. The summed E-state index contributed by atoms with van der Waals surface area (Å²) in [4.78, 5) is 49.2. The number of carbonyl (C=O) groups excluding carboxylic acids is 4. The molecule has 1 aliphatic rings. The largest absolute Gasteiger partial charge is 0.359 e. The highest BCUT2D eigenvalue weighted by Crippen LogP contribution is 2.23. The van der Waals surface area contributed by atoms with E-state index in [9.17, 15) is 19.2 Å². The average molecular weight is 339 g/mol. The van der Waals surface area contributed by atoms with E-state index >= 15 is 0 Å². The summed E-state index contributed by atoms with van der Waals surface area (Å²) < 4.78 is 0. The lowest BCUT2D eigenvalue weighted by Crippen LogP contribution is -2.51. The van der Waals surface area contributed by atoms with Crippen LogP contribution in [0.4, 0.5) is 0 Å². The normalized spacial score (nSPS) is 20.4. The number of carbonyl (C=O) groups is 4. The van der Waals surface area contributed by atoms with E-state index in [1.807, 2.05) is 6.92 Å². The Bertz CT molecular complexity index is 454. The maximum absolute atomic E-state index is 12.4. The molecule has 1 heterocycles. The van der Waals surface area contributed by atoms with Crippen LogP contribution in [0.5, 0.6) is 0 Å². The van der Waals surface area contributed by atoms with Crippen molar-refractivity contribution >= 4 is 23.5 Å². The molecule has 0 aromatic rings. The van der Waals surface area contributed by atoms with Gasteiger partial charge in [0.25, 0.3) is 0 Å². The number of likely N-dealkylation sites (tertiary alicyclic amines) is 1. The summed E-state index contributed by atoms with van der Waals surface area (Å²) >= 11 is 0. The molecule has 0 aliphatic carbocycles.